The molecule has 186 valence electrons. The Kier molecular flexibility index (Phi) is 5.23. The Labute approximate surface area is 204 Å². The summed E-state index contributed by atoms with van der Waals surface area (Å²) in [6.45, 7) is 1.90. The zero-order valence-corrected chi connectivity index (χ0v) is 19.4. The predicted molar refractivity (Wildman–Crippen MR) is 127 cm³/mol. The van der Waals surface area contributed by atoms with Crippen molar-refractivity contribution in [2.45, 2.75) is 11.5 Å². The molecule has 13 heteroatoms. The molecule has 0 saturated carbocycles. The quantitative estimate of drug-likeness (QED) is 0.320. The molecule has 5 heterocycles. The highest BCUT2D eigenvalue weighted by atomic mass is 16.6. The monoisotopic (exact) mass is 492 g/mol. The Morgan fingerprint density at radius 3 is 2.83 bits per heavy atom. The van der Waals surface area contributed by atoms with E-state index in [1.807, 2.05) is 11.0 Å². The molecule has 2 saturated heterocycles. The minimum atomic E-state index is -0.932. The van der Waals surface area contributed by atoms with Crippen molar-refractivity contribution < 1.29 is 23.8 Å². The Bertz CT molecular complexity index is 1440. The Morgan fingerprint density at radius 2 is 2.14 bits per heavy atom. The first-order valence-electron chi connectivity index (χ1n) is 11.4. The van der Waals surface area contributed by atoms with E-state index in [2.05, 4.69) is 25.4 Å². The van der Waals surface area contributed by atoms with Crippen molar-refractivity contribution in [3.63, 3.8) is 0 Å². The SMILES string of the molecule is Cn1cc(Nc2ncc(C3CN(c4nc5ccc(OCC6(O)COC6)cc5o4)C3)nc2C(N)=O)cn1. The molecule has 1 amide bonds. The molecular formula is C23H24N8O5. The number of primary amides is 1. The van der Waals surface area contributed by atoms with Gasteiger partial charge in [-0.3, -0.25) is 9.48 Å². The molecule has 0 unspecified atom stereocenters. The molecule has 2 aliphatic heterocycles. The number of rotatable bonds is 8. The highest BCUT2D eigenvalue weighted by Crippen LogP contribution is 2.34. The van der Waals surface area contributed by atoms with E-state index in [0.29, 0.717) is 47.3 Å². The number of aryl methyl sites for hydroxylation is 1. The third-order valence-electron chi connectivity index (χ3n) is 6.16. The average molecular weight is 492 g/mol. The molecule has 0 bridgehead atoms. The van der Waals surface area contributed by atoms with Crippen LogP contribution in [0.4, 0.5) is 17.5 Å². The number of carbonyl (C=O) groups excluding carboxylic acids is 1. The maximum atomic E-state index is 12.0. The van der Waals surface area contributed by atoms with Crippen molar-refractivity contribution >= 4 is 34.5 Å². The van der Waals surface area contributed by atoms with E-state index in [1.54, 1.807) is 42.5 Å². The van der Waals surface area contributed by atoms with Crippen LogP contribution >= 0.6 is 0 Å². The molecule has 0 atom stereocenters. The smallest absolute Gasteiger partial charge is 0.298 e. The lowest BCUT2D eigenvalue weighted by Gasteiger charge is -2.37. The summed E-state index contributed by atoms with van der Waals surface area (Å²) >= 11 is 0. The van der Waals surface area contributed by atoms with Gasteiger partial charge in [0.1, 0.15) is 23.5 Å². The summed E-state index contributed by atoms with van der Waals surface area (Å²) in [5.41, 5.74) is 7.34. The molecule has 13 nitrogen and oxygen atoms in total. The zero-order chi connectivity index (χ0) is 24.9. The lowest BCUT2D eigenvalue weighted by atomic mass is 9.97. The van der Waals surface area contributed by atoms with E-state index < -0.39 is 11.5 Å². The lowest BCUT2D eigenvalue weighted by Crippen LogP contribution is -2.53. The topological polar surface area (TPSA) is 167 Å². The molecule has 1 aromatic carbocycles. The first-order chi connectivity index (χ1) is 17.3. The van der Waals surface area contributed by atoms with Gasteiger partial charge >= 0.3 is 0 Å². The first-order valence-corrected chi connectivity index (χ1v) is 11.4. The van der Waals surface area contributed by atoms with Gasteiger partial charge in [0.05, 0.1) is 37.0 Å². The second-order valence-corrected chi connectivity index (χ2v) is 9.12. The van der Waals surface area contributed by atoms with Gasteiger partial charge in [-0.15, -0.1) is 0 Å². The van der Waals surface area contributed by atoms with Gasteiger partial charge in [-0.25, -0.2) is 9.97 Å². The first kappa shape index (κ1) is 22.2. The summed E-state index contributed by atoms with van der Waals surface area (Å²) < 4.78 is 18.3. The summed E-state index contributed by atoms with van der Waals surface area (Å²) in [7, 11) is 1.79. The Balaban J connectivity index is 1.13. The number of hydrogen-bond acceptors (Lipinski definition) is 11. The number of hydrogen-bond donors (Lipinski definition) is 3. The van der Waals surface area contributed by atoms with Crippen molar-refractivity contribution in [1.29, 1.82) is 0 Å². The summed E-state index contributed by atoms with van der Waals surface area (Å²) in [5.74, 6) is 0.244. The number of nitrogens with zero attached hydrogens (tertiary/aromatic N) is 6. The number of aromatic nitrogens is 5. The van der Waals surface area contributed by atoms with E-state index in [4.69, 9.17) is 19.6 Å². The number of ether oxygens (including phenoxy) is 2. The molecule has 4 aromatic rings. The molecule has 36 heavy (non-hydrogen) atoms. The maximum Gasteiger partial charge on any atom is 0.298 e. The van der Waals surface area contributed by atoms with Gasteiger partial charge in [0.15, 0.2) is 17.1 Å². The number of nitrogens with two attached hydrogens (primary N) is 1. The Morgan fingerprint density at radius 1 is 1.31 bits per heavy atom. The van der Waals surface area contributed by atoms with E-state index in [1.165, 1.54) is 0 Å². The van der Waals surface area contributed by atoms with Crippen LogP contribution < -0.4 is 20.7 Å². The van der Waals surface area contributed by atoms with Crippen LogP contribution in [0.1, 0.15) is 22.1 Å². The molecule has 2 aliphatic rings. The fourth-order valence-electron chi connectivity index (χ4n) is 4.06. The van der Waals surface area contributed by atoms with Gasteiger partial charge in [-0.05, 0) is 12.1 Å². The van der Waals surface area contributed by atoms with Crippen LogP contribution in [0.25, 0.3) is 11.1 Å². The average Bonchev–Trinajstić information content (AvgIpc) is 3.41. The van der Waals surface area contributed by atoms with Crippen LogP contribution in [-0.2, 0) is 11.8 Å². The summed E-state index contributed by atoms with van der Waals surface area (Å²) in [5, 5.41) is 17.2. The number of fused-ring (bicyclic) bond motifs is 1. The molecule has 4 N–H and O–H groups in total. The molecular weight excluding hydrogens is 468 g/mol. The number of amides is 1. The summed E-state index contributed by atoms with van der Waals surface area (Å²) in [4.78, 5) is 27.4. The summed E-state index contributed by atoms with van der Waals surface area (Å²) in [6.07, 6.45) is 5.02. The van der Waals surface area contributed by atoms with Crippen LogP contribution in [0.2, 0.25) is 0 Å². The highest BCUT2D eigenvalue weighted by Gasteiger charge is 2.37. The van der Waals surface area contributed by atoms with E-state index in [0.717, 1.165) is 0 Å². The van der Waals surface area contributed by atoms with Crippen LogP contribution in [0, 0.1) is 0 Å². The minimum absolute atomic E-state index is 0.0439. The number of oxazole rings is 1. The lowest BCUT2D eigenvalue weighted by molar-refractivity contribution is -0.192. The van der Waals surface area contributed by atoms with Crippen molar-refractivity contribution in [1.82, 2.24) is 24.7 Å². The number of anilines is 3. The molecule has 0 radical (unpaired) electrons. The van der Waals surface area contributed by atoms with Crippen LogP contribution in [-0.4, -0.2) is 74.3 Å². The van der Waals surface area contributed by atoms with Gasteiger partial charge in [-0.2, -0.15) is 10.1 Å². The van der Waals surface area contributed by atoms with Gasteiger partial charge < -0.3 is 34.9 Å². The third kappa shape index (κ3) is 4.18. The van der Waals surface area contributed by atoms with Crippen LogP contribution in [0.3, 0.4) is 0 Å². The van der Waals surface area contributed by atoms with Crippen molar-refractivity contribution in [2.75, 3.05) is 43.1 Å². The van der Waals surface area contributed by atoms with Gasteiger partial charge in [0, 0.05) is 38.3 Å². The normalized spacial score (nSPS) is 17.0. The fourth-order valence-corrected chi connectivity index (χ4v) is 4.06. The number of benzene rings is 1. The molecule has 0 spiro atoms. The zero-order valence-electron chi connectivity index (χ0n) is 19.4. The predicted octanol–water partition coefficient (Wildman–Crippen LogP) is 0.938. The number of carbonyl (C=O) groups is 1. The van der Waals surface area contributed by atoms with Crippen LogP contribution in [0.5, 0.6) is 5.75 Å². The van der Waals surface area contributed by atoms with Crippen molar-refractivity contribution in [3.05, 3.63) is 48.2 Å². The second kappa shape index (κ2) is 8.46. The number of aliphatic hydroxyl groups is 1. The Hall–Kier alpha value is -4.23. The maximum absolute atomic E-state index is 12.0. The standard InChI is InChI=1S/C23H24N8O5/c1-30-9-14(5-26-30)27-21-19(20(24)32)28-17(6-25-21)13-7-31(8-13)22-29-16-3-2-15(4-18(16)36-22)35-12-23(33)10-34-11-23/h2-6,9,13,33H,7-8,10-12H2,1H3,(H2,24,32)(H,25,27). The van der Waals surface area contributed by atoms with Gasteiger partial charge in [-0.1, -0.05) is 0 Å². The van der Waals surface area contributed by atoms with Crippen LogP contribution in [0.15, 0.2) is 41.2 Å². The van der Waals surface area contributed by atoms with Gasteiger partial charge in [0.25, 0.3) is 11.9 Å². The van der Waals surface area contributed by atoms with Crippen molar-refractivity contribution in [2.24, 2.45) is 12.8 Å². The molecule has 6 rings (SSSR count). The summed E-state index contributed by atoms with van der Waals surface area (Å²) in [6, 6.07) is 5.85. The van der Waals surface area contributed by atoms with Gasteiger partial charge in [0.2, 0.25) is 0 Å². The molecule has 3 aromatic heterocycles. The molecule has 0 aliphatic carbocycles. The fraction of sp³-hybridized carbons (Fsp3) is 0.348. The van der Waals surface area contributed by atoms with E-state index in [-0.39, 0.29) is 37.3 Å². The second-order valence-electron chi connectivity index (χ2n) is 9.12. The van der Waals surface area contributed by atoms with Crippen molar-refractivity contribution in [3.8, 4) is 5.75 Å². The minimum Gasteiger partial charge on any atom is -0.490 e. The third-order valence-corrected chi connectivity index (χ3v) is 6.16. The van der Waals surface area contributed by atoms with E-state index in [9.17, 15) is 9.90 Å². The number of nitrogens with one attached hydrogen (secondary N) is 1. The highest BCUT2D eigenvalue weighted by molar-refractivity contribution is 5.96. The largest absolute Gasteiger partial charge is 0.490 e. The van der Waals surface area contributed by atoms with E-state index >= 15 is 0 Å². The molecule has 2 fully saturated rings.